The lowest BCUT2D eigenvalue weighted by Gasteiger charge is -2.37. The minimum absolute atomic E-state index is 0.0180. The van der Waals surface area contributed by atoms with E-state index in [0.29, 0.717) is 23.1 Å². The van der Waals surface area contributed by atoms with Gasteiger partial charge in [-0.3, -0.25) is 10.1 Å². The van der Waals surface area contributed by atoms with E-state index >= 15 is 0 Å². The number of hydrogen-bond acceptors (Lipinski definition) is 5. The smallest absolute Gasteiger partial charge is 0.269 e. The summed E-state index contributed by atoms with van der Waals surface area (Å²) in [6, 6.07) is 16.7. The first-order chi connectivity index (χ1) is 16.4. The van der Waals surface area contributed by atoms with Crippen molar-refractivity contribution in [2.45, 2.75) is 25.0 Å². The van der Waals surface area contributed by atoms with E-state index in [1.165, 1.54) is 0 Å². The number of nitro groups is 1. The summed E-state index contributed by atoms with van der Waals surface area (Å²) in [7, 11) is 1.63. The molecule has 1 heterocycles. The van der Waals surface area contributed by atoms with Crippen LogP contribution >= 0.6 is 27.5 Å². The molecule has 1 N–H and O–H groups in total. The Morgan fingerprint density at radius 2 is 1.97 bits per heavy atom. The summed E-state index contributed by atoms with van der Waals surface area (Å²) in [5.41, 5.74) is 4.07. The molecule has 0 saturated carbocycles. The predicted molar refractivity (Wildman–Crippen MR) is 136 cm³/mol. The number of benzene rings is 3. The number of methoxy groups -OCH3 is 1. The van der Waals surface area contributed by atoms with Crippen LogP contribution in [0, 0.1) is 16.0 Å². The molecular weight excluding hydrogens is 520 g/mol. The van der Waals surface area contributed by atoms with Crippen molar-refractivity contribution in [1.29, 1.82) is 0 Å². The molecule has 0 bridgehead atoms. The molecule has 2 aliphatic rings. The molecular formula is C26H22BrClN2O4. The predicted octanol–water partition coefficient (Wildman–Crippen LogP) is 7.42. The molecule has 3 atom stereocenters. The molecule has 0 amide bonds. The van der Waals surface area contributed by atoms with Crippen molar-refractivity contribution in [3.63, 3.8) is 0 Å². The molecule has 8 heteroatoms. The average molecular weight is 542 g/mol. The van der Waals surface area contributed by atoms with Crippen molar-refractivity contribution in [3.8, 4) is 11.5 Å². The van der Waals surface area contributed by atoms with Crippen molar-refractivity contribution in [2.75, 3.05) is 12.4 Å². The van der Waals surface area contributed by atoms with E-state index in [-0.39, 0.29) is 28.5 Å². The molecule has 1 aliphatic carbocycles. The summed E-state index contributed by atoms with van der Waals surface area (Å²) in [5.74, 6) is 1.63. The zero-order valence-electron chi connectivity index (χ0n) is 18.3. The van der Waals surface area contributed by atoms with E-state index < -0.39 is 0 Å². The van der Waals surface area contributed by atoms with Gasteiger partial charge in [-0.1, -0.05) is 35.9 Å². The molecule has 0 unspecified atom stereocenters. The summed E-state index contributed by atoms with van der Waals surface area (Å²) in [6.45, 7) is 0.383. The van der Waals surface area contributed by atoms with Crippen LogP contribution in [0.3, 0.4) is 0 Å². The minimum atomic E-state index is -0.342. The highest BCUT2D eigenvalue weighted by Crippen LogP contribution is 2.52. The standard InChI is InChI=1S/C26H22BrClN2O4/c1-33-24-12-16(11-22(27)26(24)34-14-15-5-7-17(28)8-6-15)25-20-4-2-3-19(20)21-13-18(30(31)32)9-10-23(21)29-25/h2-3,5-13,19-20,25,29H,4,14H2,1H3/t19-,20+,25+/m1/s1. The quantitative estimate of drug-likeness (QED) is 0.200. The van der Waals surface area contributed by atoms with Crippen LogP contribution in [0.4, 0.5) is 11.4 Å². The number of nitrogens with zero attached hydrogens (tertiary/aromatic N) is 1. The summed E-state index contributed by atoms with van der Waals surface area (Å²) in [5, 5.41) is 15.6. The van der Waals surface area contributed by atoms with Gasteiger partial charge in [-0.05, 0) is 75.3 Å². The zero-order valence-corrected chi connectivity index (χ0v) is 20.7. The number of halogens is 2. The third-order valence-electron chi connectivity index (χ3n) is 6.46. The second-order valence-electron chi connectivity index (χ2n) is 8.45. The lowest BCUT2D eigenvalue weighted by molar-refractivity contribution is -0.384. The van der Waals surface area contributed by atoms with Gasteiger partial charge in [0.15, 0.2) is 11.5 Å². The molecule has 0 radical (unpaired) electrons. The number of allylic oxidation sites excluding steroid dienone is 2. The molecule has 0 spiro atoms. The van der Waals surface area contributed by atoms with Gasteiger partial charge in [-0.25, -0.2) is 0 Å². The Morgan fingerprint density at radius 3 is 2.71 bits per heavy atom. The van der Waals surface area contributed by atoms with Crippen molar-refractivity contribution >= 4 is 38.9 Å². The second kappa shape index (κ2) is 9.31. The van der Waals surface area contributed by atoms with Crippen LogP contribution in [-0.4, -0.2) is 12.0 Å². The van der Waals surface area contributed by atoms with Gasteiger partial charge in [0.2, 0.25) is 0 Å². The highest BCUT2D eigenvalue weighted by atomic mass is 79.9. The van der Waals surface area contributed by atoms with Crippen LogP contribution in [0.15, 0.2) is 71.2 Å². The SMILES string of the molecule is COc1cc([C@@H]2Nc3ccc([N+](=O)[O-])cc3[C@@H]3C=CC[C@@H]32)cc(Br)c1OCc1ccc(Cl)cc1. The molecule has 34 heavy (non-hydrogen) atoms. The van der Waals surface area contributed by atoms with Crippen LogP contribution in [0.5, 0.6) is 11.5 Å². The van der Waals surface area contributed by atoms with Gasteiger partial charge < -0.3 is 14.8 Å². The monoisotopic (exact) mass is 540 g/mol. The first-order valence-corrected chi connectivity index (χ1v) is 12.1. The molecule has 0 saturated heterocycles. The molecule has 3 aromatic carbocycles. The van der Waals surface area contributed by atoms with Crippen molar-refractivity contribution in [3.05, 3.63) is 103 Å². The Labute approximate surface area is 210 Å². The maximum absolute atomic E-state index is 11.3. The number of nitrogens with one attached hydrogen (secondary N) is 1. The van der Waals surface area contributed by atoms with E-state index in [1.54, 1.807) is 25.3 Å². The molecule has 174 valence electrons. The summed E-state index contributed by atoms with van der Waals surface area (Å²) >= 11 is 9.65. The Balaban J connectivity index is 1.45. The Hall–Kier alpha value is -3.03. The van der Waals surface area contributed by atoms with Crippen LogP contribution < -0.4 is 14.8 Å². The molecule has 3 aromatic rings. The molecule has 1 aliphatic heterocycles. The van der Waals surface area contributed by atoms with Crippen molar-refractivity contribution in [2.24, 2.45) is 5.92 Å². The first kappa shape index (κ1) is 22.7. The van der Waals surface area contributed by atoms with Crippen LogP contribution in [0.2, 0.25) is 5.02 Å². The van der Waals surface area contributed by atoms with Gasteiger partial charge in [0.1, 0.15) is 6.61 Å². The van der Waals surface area contributed by atoms with Gasteiger partial charge in [0.05, 0.1) is 22.5 Å². The summed E-state index contributed by atoms with van der Waals surface area (Å²) < 4.78 is 12.6. The fourth-order valence-corrected chi connectivity index (χ4v) is 5.52. The molecule has 6 nitrogen and oxygen atoms in total. The average Bonchev–Trinajstić information content (AvgIpc) is 3.33. The minimum Gasteiger partial charge on any atom is -0.493 e. The lowest BCUT2D eigenvalue weighted by atomic mass is 9.77. The van der Waals surface area contributed by atoms with E-state index in [0.717, 1.165) is 33.3 Å². The molecule has 5 rings (SSSR count). The number of rotatable bonds is 6. The number of hydrogen-bond donors (Lipinski definition) is 1. The van der Waals surface area contributed by atoms with Gasteiger partial charge in [0, 0.05) is 28.8 Å². The lowest BCUT2D eigenvalue weighted by Crippen LogP contribution is -2.29. The largest absolute Gasteiger partial charge is 0.493 e. The zero-order chi connectivity index (χ0) is 23.8. The Kier molecular flexibility index (Phi) is 6.23. The second-order valence-corrected chi connectivity index (χ2v) is 9.74. The number of anilines is 1. The topological polar surface area (TPSA) is 73.6 Å². The molecule has 0 aromatic heterocycles. The number of non-ortho nitro benzene ring substituents is 1. The number of ether oxygens (including phenoxy) is 2. The van der Waals surface area contributed by atoms with Gasteiger partial charge >= 0.3 is 0 Å². The summed E-state index contributed by atoms with van der Waals surface area (Å²) in [4.78, 5) is 11.0. The first-order valence-electron chi connectivity index (χ1n) is 10.9. The van der Waals surface area contributed by atoms with E-state index in [1.807, 2.05) is 30.3 Å². The number of nitro benzene ring substituents is 1. The third kappa shape index (κ3) is 4.26. The normalized spacial score (nSPS) is 20.3. The highest BCUT2D eigenvalue weighted by molar-refractivity contribution is 9.10. The summed E-state index contributed by atoms with van der Waals surface area (Å²) in [6.07, 6.45) is 5.21. The van der Waals surface area contributed by atoms with Crippen LogP contribution in [-0.2, 0) is 6.61 Å². The Morgan fingerprint density at radius 1 is 1.18 bits per heavy atom. The maximum atomic E-state index is 11.3. The Bertz CT molecular complexity index is 1280. The van der Waals surface area contributed by atoms with E-state index in [2.05, 4.69) is 39.5 Å². The van der Waals surface area contributed by atoms with Crippen molar-refractivity contribution in [1.82, 2.24) is 0 Å². The van der Waals surface area contributed by atoms with E-state index in [9.17, 15) is 10.1 Å². The maximum Gasteiger partial charge on any atom is 0.269 e. The van der Waals surface area contributed by atoms with Gasteiger partial charge in [-0.2, -0.15) is 0 Å². The third-order valence-corrected chi connectivity index (χ3v) is 7.31. The fraction of sp³-hybridized carbons (Fsp3) is 0.231. The van der Waals surface area contributed by atoms with E-state index in [4.69, 9.17) is 21.1 Å². The van der Waals surface area contributed by atoms with Gasteiger partial charge in [0.25, 0.3) is 5.69 Å². The highest BCUT2D eigenvalue weighted by Gasteiger charge is 2.39. The van der Waals surface area contributed by atoms with Crippen molar-refractivity contribution < 1.29 is 14.4 Å². The van der Waals surface area contributed by atoms with Crippen LogP contribution in [0.25, 0.3) is 0 Å². The van der Waals surface area contributed by atoms with Gasteiger partial charge in [-0.15, -0.1) is 0 Å². The molecule has 0 fully saturated rings. The van der Waals surface area contributed by atoms with Crippen LogP contribution in [0.1, 0.15) is 35.1 Å². The fourth-order valence-electron chi connectivity index (χ4n) is 4.82. The number of fused-ring (bicyclic) bond motifs is 3.